The molecule has 0 fully saturated rings. The maximum Gasteiger partial charge on any atom is 0.337 e. The summed E-state index contributed by atoms with van der Waals surface area (Å²) >= 11 is 0. The molecule has 0 radical (unpaired) electrons. The van der Waals surface area contributed by atoms with Crippen LogP contribution in [0.25, 0.3) is 0 Å². The SMILES string of the molecule is CCCCCCN(C1CC(C)(C)Oc2ccc(C(=O)OC)cc21)S(=O)(=O)CC. The molecule has 1 aromatic carbocycles. The number of hydrogen-bond donors (Lipinski definition) is 0. The monoisotopic (exact) mass is 411 g/mol. The maximum atomic E-state index is 13.0. The number of nitrogens with zero attached hydrogens (tertiary/aromatic N) is 1. The maximum absolute atomic E-state index is 13.0. The van der Waals surface area contributed by atoms with E-state index in [-0.39, 0.29) is 11.8 Å². The van der Waals surface area contributed by atoms with Crippen molar-refractivity contribution in [2.45, 2.75) is 71.4 Å². The molecule has 1 aliphatic rings. The van der Waals surface area contributed by atoms with E-state index in [1.54, 1.807) is 29.4 Å². The van der Waals surface area contributed by atoms with E-state index in [9.17, 15) is 13.2 Å². The van der Waals surface area contributed by atoms with Gasteiger partial charge in [0.15, 0.2) is 0 Å². The summed E-state index contributed by atoms with van der Waals surface area (Å²) in [5, 5.41) is 0. The number of esters is 1. The summed E-state index contributed by atoms with van der Waals surface area (Å²) in [6.07, 6.45) is 4.51. The number of hydrogen-bond acceptors (Lipinski definition) is 5. The second-order valence-corrected chi connectivity index (χ2v) is 10.1. The number of carbonyl (C=O) groups is 1. The molecule has 1 aromatic rings. The smallest absolute Gasteiger partial charge is 0.337 e. The molecule has 0 amide bonds. The van der Waals surface area contributed by atoms with Crippen LogP contribution in [0, 0.1) is 0 Å². The predicted octanol–water partition coefficient (Wildman–Crippen LogP) is 4.31. The van der Waals surface area contributed by atoms with Gasteiger partial charge in [0.2, 0.25) is 10.0 Å². The molecule has 0 spiro atoms. The molecule has 0 aliphatic carbocycles. The van der Waals surface area contributed by atoms with Gasteiger partial charge in [-0.3, -0.25) is 0 Å². The number of unbranched alkanes of at least 4 members (excludes halogenated alkanes) is 3. The number of carbonyl (C=O) groups excluding carboxylic acids is 1. The quantitative estimate of drug-likeness (QED) is 0.447. The van der Waals surface area contributed by atoms with Gasteiger partial charge < -0.3 is 9.47 Å². The first kappa shape index (κ1) is 22.7. The highest BCUT2D eigenvalue weighted by atomic mass is 32.2. The van der Waals surface area contributed by atoms with Crippen molar-refractivity contribution >= 4 is 16.0 Å². The van der Waals surface area contributed by atoms with Crippen LogP contribution in [0.2, 0.25) is 0 Å². The number of rotatable bonds is 9. The first-order valence-corrected chi connectivity index (χ1v) is 11.7. The second kappa shape index (κ2) is 9.27. The molecule has 0 bridgehead atoms. The third kappa shape index (κ3) is 5.26. The van der Waals surface area contributed by atoms with Crippen LogP contribution in [0.3, 0.4) is 0 Å². The largest absolute Gasteiger partial charge is 0.487 e. The molecule has 0 saturated heterocycles. The topological polar surface area (TPSA) is 72.9 Å². The fourth-order valence-electron chi connectivity index (χ4n) is 3.67. The van der Waals surface area contributed by atoms with Crippen molar-refractivity contribution in [1.82, 2.24) is 4.31 Å². The Labute approximate surface area is 169 Å². The van der Waals surface area contributed by atoms with E-state index in [0.29, 0.717) is 24.3 Å². The normalized spacial score (nSPS) is 18.4. The summed E-state index contributed by atoms with van der Waals surface area (Å²) in [7, 11) is -2.08. The molecule has 0 saturated carbocycles. The van der Waals surface area contributed by atoms with Crippen molar-refractivity contribution in [3.63, 3.8) is 0 Å². The fraction of sp³-hybridized carbons (Fsp3) is 0.667. The average Bonchev–Trinajstić information content (AvgIpc) is 2.65. The summed E-state index contributed by atoms with van der Waals surface area (Å²) in [4.78, 5) is 12.0. The van der Waals surface area contributed by atoms with Crippen LogP contribution in [-0.2, 0) is 14.8 Å². The first-order chi connectivity index (χ1) is 13.1. The summed E-state index contributed by atoms with van der Waals surface area (Å²) in [5.41, 5.74) is 0.624. The highest BCUT2D eigenvalue weighted by Crippen LogP contribution is 2.44. The number of methoxy groups -OCH3 is 1. The Kier molecular flexibility index (Phi) is 7.51. The lowest BCUT2D eigenvalue weighted by atomic mass is 9.88. The van der Waals surface area contributed by atoms with Gasteiger partial charge in [-0.2, -0.15) is 4.31 Å². The van der Waals surface area contributed by atoms with Crippen molar-refractivity contribution < 1.29 is 22.7 Å². The molecule has 6 nitrogen and oxygen atoms in total. The second-order valence-electron chi connectivity index (χ2n) is 7.90. The Morgan fingerprint density at radius 1 is 1.25 bits per heavy atom. The standard InChI is InChI=1S/C21H33NO5S/c1-6-8-9-10-13-22(28(24,25)7-2)18-15-21(3,4)27-19-12-11-16(14-17(18)19)20(23)26-5/h11-12,14,18H,6-10,13,15H2,1-5H3. The predicted molar refractivity (Wildman–Crippen MR) is 110 cm³/mol. The van der Waals surface area contributed by atoms with E-state index < -0.39 is 21.6 Å². The Balaban J connectivity index is 2.48. The van der Waals surface area contributed by atoms with Gasteiger partial charge in [0, 0.05) is 18.5 Å². The zero-order valence-corrected chi connectivity index (χ0v) is 18.5. The van der Waals surface area contributed by atoms with Crippen molar-refractivity contribution in [3.05, 3.63) is 29.3 Å². The minimum atomic E-state index is -3.42. The van der Waals surface area contributed by atoms with Crippen LogP contribution < -0.4 is 4.74 Å². The third-order valence-corrected chi connectivity index (χ3v) is 7.04. The van der Waals surface area contributed by atoms with Crippen molar-refractivity contribution in [2.24, 2.45) is 0 Å². The fourth-order valence-corrected chi connectivity index (χ4v) is 4.98. The minimum Gasteiger partial charge on any atom is -0.487 e. The summed E-state index contributed by atoms with van der Waals surface area (Å²) < 4.78 is 38.4. The third-order valence-electron chi connectivity index (χ3n) is 5.16. The minimum absolute atomic E-state index is 0.0462. The van der Waals surface area contributed by atoms with Crippen LogP contribution in [0.4, 0.5) is 0 Å². The van der Waals surface area contributed by atoms with E-state index in [1.165, 1.54) is 7.11 Å². The van der Waals surface area contributed by atoms with E-state index in [0.717, 1.165) is 31.2 Å². The molecule has 1 heterocycles. The van der Waals surface area contributed by atoms with E-state index in [4.69, 9.17) is 9.47 Å². The molecule has 28 heavy (non-hydrogen) atoms. The average molecular weight is 412 g/mol. The van der Waals surface area contributed by atoms with Gasteiger partial charge in [0.1, 0.15) is 11.4 Å². The zero-order chi connectivity index (χ0) is 20.9. The Bertz CT molecular complexity index is 788. The van der Waals surface area contributed by atoms with Gasteiger partial charge >= 0.3 is 5.97 Å². The van der Waals surface area contributed by atoms with Crippen LogP contribution in [-0.4, -0.2) is 43.7 Å². The highest BCUT2D eigenvalue weighted by Gasteiger charge is 2.40. The van der Waals surface area contributed by atoms with Gasteiger partial charge in [0.25, 0.3) is 0 Å². The summed E-state index contributed by atoms with van der Waals surface area (Å²) in [5.74, 6) is 0.225. The molecular weight excluding hydrogens is 378 g/mol. The number of ether oxygens (including phenoxy) is 2. The molecule has 1 atom stereocenters. The van der Waals surface area contributed by atoms with Crippen LogP contribution in [0.1, 0.15) is 81.8 Å². The lowest BCUT2D eigenvalue weighted by Gasteiger charge is -2.42. The van der Waals surface area contributed by atoms with E-state index in [2.05, 4.69) is 6.92 Å². The van der Waals surface area contributed by atoms with Gasteiger partial charge in [-0.1, -0.05) is 26.2 Å². The van der Waals surface area contributed by atoms with Crippen LogP contribution in [0.5, 0.6) is 5.75 Å². The molecule has 0 aromatic heterocycles. The summed E-state index contributed by atoms with van der Waals surface area (Å²) in [6.45, 7) is 8.20. The molecular formula is C21H33NO5S. The van der Waals surface area contributed by atoms with Crippen molar-refractivity contribution in [3.8, 4) is 5.75 Å². The molecule has 7 heteroatoms. The molecule has 0 N–H and O–H groups in total. The zero-order valence-electron chi connectivity index (χ0n) is 17.7. The van der Waals surface area contributed by atoms with E-state index >= 15 is 0 Å². The molecule has 2 rings (SSSR count). The number of fused-ring (bicyclic) bond motifs is 1. The van der Waals surface area contributed by atoms with Crippen molar-refractivity contribution in [2.75, 3.05) is 19.4 Å². The number of benzene rings is 1. The molecule has 1 aliphatic heterocycles. The van der Waals surface area contributed by atoms with E-state index in [1.807, 2.05) is 13.8 Å². The van der Waals surface area contributed by atoms with Gasteiger partial charge in [-0.15, -0.1) is 0 Å². The molecule has 158 valence electrons. The molecule has 1 unspecified atom stereocenters. The highest BCUT2D eigenvalue weighted by molar-refractivity contribution is 7.89. The van der Waals surface area contributed by atoms with Gasteiger partial charge in [-0.05, 0) is 45.4 Å². The lowest BCUT2D eigenvalue weighted by Crippen LogP contribution is -2.44. The number of sulfonamides is 1. The van der Waals surface area contributed by atoms with Crippen molar-refractivity contribution in [1.29, 1.82) is 0 Å². The van der Waals surface area contributed by atoms with Gasteiger partial charge in [0.05, 0.1) is 24.5 Å². The van der Waals surface area contributed by atoms with Gasteiger partial charge in [-0.25, -0.2) is 13.2 Å². The Hall–Kier alpha value is -1.60. The van der Waals surface area contributed by atoms with Crippen LogP contribution in [0.15, 0.2) is 18.2 Å². The lowest BCUT2D eigenvalue weighted by molar-refractivity contribution is 0.0497. The Morgan fingerprint density at radius 3 is 2.57 bits per heavy atom. The first-order valence-electron chi connectivity index (χ1n) is 10.1. The summed E-state index contributed by atoms with van der Waals surface area (Å²) in [6, 6.07) is 4.74. The van der Waals surface area contributed by atoms with Crippen LogP contribution >= 0.6 is 0 Å². The Morgan fingerprint density at radius 2 is 1.96 bits per heavy atom.